The third-order valence-electron chi connectivity index (χ3n) is 2.30. The molecular weight excluding hydrogens is 285 g/mol. The number of nitrogens with zero attached hydrogens (tertiary/aromatic N) is 1. The lowest BCUT2D eigenvalue weighted by Gasteiger charge is -2.08. The van der Waals surface area contributed by atoms with Gasteiger partial charge in [0.2, 0.25) is 0 Å². The average Bonchev–Trinajstić information content (AvgIpc) is 2.74. The lowest BCUT2D eigenvalue weighted by molar-refractivity contribution is 0.0698. The number of anilines is 2. The van der Waals surface area contributed by atoms with Gasteiger partial charge < -0.3 is 10.4 Å². The van der Waals surface area contributed by atoms with E-state index >= 15 is 0 Å². The molecule has 0 saturated carbocycles. The summed E-state index contributed by atoms with van der Waals surface area (Å²) in [6, 6.07) is 2.35. The Morgan fingerprint density at radius 3 is 2.70 bits per heavy atom. The molecule has 0 fully saturated rings. The Hall–Kier alpha value is -2.48. The molecule has 3 N–H and O–H groups in total. The molecule has 0 atom stereocenters. The number of carboxylic acids is 1. The normalized spacial score (nSPS) is 10.1. The van der Waals surface area contributed by atoms with E-state index in [9.17, 15) is 14.0 Å². The van der Waals surface area contributed by atoms with Crippen LogP contribution in [0.1, 0.15) is 16.1 Å². The summed E-state index contributed by atoms with van der Waals surface area (Å²) in [6.45, 7) is 1.77. The lowest BCUT2D eigenvalue weighted by atomic mass is 10.2. The first-order valence-electron chi connectivity index (χ1n) is 5.48. The molecule has 0 bridgehead atoms. The van der Waals surface area contributed by atoms with Crippen LogP contribution in [0.5, 0.6) is 0 Å². The van der Waals surface area contributed by atoms with Crippen LogP contribution in [0.15, 0.2) is 23.6 Å². The monoisotopic (exact) mass is 295 g/mol. The van der Waals surface area contributed by atoms with E-state index in [2.05, 4.69) is 15.6 Å². The van der Waals surface area contributed by atoms with E-state index in [1.807, 2.05) is 0 Å². The molecule has 104 valence electrons. The van der Waals surface area contributed by atoms with Crippen LogP contribution in [0.3, 0.4) is 0 Å². The van der Waals surface area contributed by atoms with Crippen molar-refractivity contribution in [1.29, 1.82) is 0 Å². The Kier molecular flexibility index (Phi) is 3.94. The maximum atomic E-state index is 13.1. The maximum absolute atomic E-state index is 13.1. The molecule has 0 aliphatic carbocycles. The molecule has 0 aliphatic rings. The second-order valence-corrected chi connectivity index (χ2v) is 4.73. The Labute approximate surface area is 117 Å². The van der Waals surface area contributed by atoms with Gasteiger partial charge in [-0.1, -0.05) is 0 Å². The van der Waals surface area contributed by atoms with Gasteiger partial charge in [-0.15, -0.1) is 11.3 Å². The van der Waals surface area contributed by atoms with E-state index in [0.29, 0.717) is 5.13 Å². The van der Waals surface area contributed by atoms with Crippen molar-refractivity contribution in [3.8, 4) is 0 Å². The molecule has 1 heterocycles. The van der Waals surface area contributed by atoms with Crippen LogP contribution in [0.2, 0.25) is 0 Å². The van der Waals surface area contributed by atoms with Crippen molar-refractivity contribution < 1.29 is 19.1 Å². The largest absolute Gasteiger partial charge is 0.478 e. The van der Waals surface area contributed by atoms with Crippen molar-refractivity contribution in [2.45, 2.75) is 6.92 Å². The Morgan fingerprint density at radius 2 is 2.10 bits per heavy atom. The van der Waals surface area contributed by atoms with Crippen LogP contribution in [0.25, 0.3) is 0 Å². The number of nitrogens with one attached hydrogen (secondary N) is 2. The maximum Gasteiger partial charge on any atom is 0.337 e. The number of carbonyl (C=O) groups excluding carboxylic acids is 1. The van der Waals surface area contributed by atoms with Crippen molar-refractivity contribution in [2.24, 2.45) is 0 Å². The van der Waals surface area contributed by atoms with Gasteiger partial charge in [0.25, 0.3) is 0 Å². The van der Waals surface area contributed by atoms with Crippen LogP contribution >= 0.6 is 11.3 Å². The lowest BCUT2D eigenvalue weighted by Crippen LogP contribution is -2.21. The second kappa shape index (κ2) is 5.66. The minimum atomic E-state index is -1.26. The predicted octanol–water partition coefficient (Wildman–Crippen LogP) is 2.93. The molecule has 2 aromatic rings. The number of aromatic nitrogens is 1. The Balaban J connectivity index is 2.15. The number of hydrogen-bond acceptors (Lipinski definition) is 4. The van der Waals surface area contributed by atoms with Gasteiger partial charge in [0.05, 0.1) is 16.9 Å². The van der Waals surface area contributed by atoms with Crippen molar-refractivity contribution in [3.05, 3.63) is 40.7 Å². The molecule has 0 radical (unpaired) electrons. The summed E-state index contributed by atoms with van der Waals surface area (Å²) in [6.07, 6.45) is 0. The van der Waals surface area contributed by atoms with Crippen LogP contribution in [0, 0.1) is 12.7 Å². The fourth-order valence-corrected chi connectivity index (χ4v) is 2.15. The predicted molar refractivity (Wildman–Crippen MR) is 72.9 cm³/mol. The number of urea groups is 1. The number of carboxylic acid groups (broad SMARTS) is 1. The van der Waals surface area contributed by atoms with E-state index in [0.717, 1.165) is 23.9 Å². The fourth-order valence-electron chi connectivity index (χ4n) is 1.47. The average molecular weight is 295 g/mol. The number of aryl methyl sites for hydroxylation is 1. The van der Waals surface area contributed by atoms with E-state index in [-0.39, 0.29) is 11.3 Å². The topological polar surface area (TPSA) is 91.3 Å². The number of rotatable bonds is 3. The smallest absolute Gasteiger partial charge is 0.337 e. The first kappa shape index (κ1) is 13.9. The van der Waals surface area contributed by atoms with E-state index in [1.54, 1.807) is 12.3 Å². The van der Waals surface area contributed by atoms with Crippen LogP contribution in [-0.2, 0) is 0 Å². The highest BCUT2D eigenvalue weighted by atomic mass is 32.1. The second-order valence-electron chi connectivity index (χ2n) is 3.87. The summed E-state index contributed by atoms with van der Waals surface area (Å²) in [7, 11) is 0. The zero-order valence-electron chi connectivity index (χ0n) is 10.3. The summed E-state index contributed by atoms with van der Waals surface area (Å²) in [5.41, 5.74) is 0.433. The van der Waals surface area contributed by atoms with Gasteiger partial charge in [-0.3, -0.25) is 5.32 Å². The number of hydrogen-bond donors (Lipinski definition) is 3. The molecule has 1 aromatic carbocycles. The third-order valence-corrected chi connectivity index (χ3v) is 3.18. The molecule has 6 nitrogen and oxygen atoms in total. The minimum Gasteiger partial charge on any atom is -0.478 e. The van der Waals surface area contributed by atoms with Crippen molar-refractivity contribution in [3.63, 3.8) is 0 Å². The summed E-state index contributed by atoms with van der Waals surface area (Å²) >= 11 is 1.23. The molecule has 8 heteroatoms. The highest BCUT2D eigenvalue weighted by Crippen LogP contribution is 2.19. The Morgan fingerprint density at radius 1 is 1.35 bits per heavy atom. The zero-order chi connectivity index (χ0) is 14.7. The summed E-state index contributed by atoms with van der Waals surface area (Å²) in [5.74, 6) is -1.90. The van der Waals surface area contributed by atoms with Crippen molar-refractivity contribution in [1.82, 2.24) is 4.98 Å². The van der Waals surface area contributed by atoms with Gasteiger partial charge in [0.1, 0.15) is 5.82 Å². The molecule has 1 aromatic heterocycles. The van der Waals surface area contributed by atoms with Crippen LogP contribution < -0.4 is 10.6 Å². The van der Waals surface area contributed by atoms with Gasteiger partial charge in [0, 0.05) is 5.38 Å². The quantitative estimate of drug-likeness (QED) is 0.812. The van der Waals surface area contributed by atoms with Crippen LogP contribution in [0.4, 0.5) is 20.0 Å². The fraction of sp³-hybridized carbons (Fsp3) is 0.0833. The van der Waals surface area contributed by atoms with Crippen LogP contribution in [-0.4, -0.2) is 22.1 Å². The summed E-state index contributed by atoms with van der Waals surface area (Å²) in [5, 5.41) is 15.8. The molecule has 2 rings (SSSR count). The SMILES string of the molecule is Cc1csc(NC(=O)Nc2cc(F)ccc2C(=O)O)n1. The number of halogens is 1. The Bertz CT molecular complexity index is 672. The number of amides is 2. The molecule has 2 amide bonds. The first-order valence-corrected chi connectivity index (χ1v) is 6.36. The minimum absolute atomic E-state index is 0.122. The number of benzene rings is 1. The molecule has 20 heavy (non-hydrogen) atoms. The van der Waals surface area contributed by atoms with Gasteiger partial charge in [-0.05, 0) is 25.1 Å². The van der Waals surface area contributed by atoms with E-state index in [1.165, 1.54) is 11.3 Å². The molecular formula is C12H10FN3O3S. The zero-order valence-corrected chi connectivity index (χ0v) is 11.1. The third kappa shape index (κ3) is 3.29. The van der Waals surface area contributed by atoms with Gasteiger partial charge in [0.15, 0.2) is 5.13 Å². The number of aromatic carboxylic acids is 1. The molecule has 0 saturated heterocycles. The van der Waals surface area contributed by atoms with Crippen molar-refractivity contribution in [2.75, 3.05) is 10.6 Å². The molecule has 0 aliphatic heterocycles. The first-order chi connectivity index (χ1) is 9.45. The summed E-state index contributed by atoms with van der Waals surface area (Å²) in [4.78, 5) is 26.7. The highest BCUT2D eigenvalue weighted by molar-refractivity contribution is 7.13. The van der Waals surface area contributed by atoms with Gasteiger partial charge >= 0.3 is 12.0 Å². The van der Waals surface area contributed by atoms with Gasteiger partial charge in [-0.2, -0.15) is 0 Å². The van der Waals surface area contributed by atoms with Gasteiger partial charge in [-0.25, -0.2) is 19.0 Å². The molecule has 0 spiro atoms. The molecule has 0 unspecified atom stereocenters. The van der Waals surface area contributed by atoms with Crippen molar-refractivity contribution >= 4 is 34.2 Å². The number of carbonyl (C=O) groups is 2. The number of thiazole rings is 1. The summed E-state index contributed by atoms with van der Waals surface area (Å²) < 4.78 is 13.1. The standard InChI is InChI=1S/C12H10FN3O3S/c1-6-5-20-12(14-6)16-11(19)15-9-4-7(13)2-3-8(9)10(17)18/h2-5H,1H3,(H,17,18)(H2,14,15,16,19). The van der Waals surface area contributed by atoms with E-state index in [4.69, 9.17) is 5.11 Å². The highest BCUT2D eigenvalue weighted by Gasteiger charge is 2.14. The van der Waals surface area contributed by atoms with E-state index < -0.39 is 17.8 Å².